The van der Waals surface area contributed by atoms with Crippen molar-refractivity contribution < 1.29 is 21.8 Å². The molecule has 1 aliphatic rings. The molecule has 1 radical (unpaired) electrons. The van der Waals surface area contributed by atoms with E-state index < -0.39 is 0 Å². The SMILES string of the molecule is C1=COc2ccccc2C1.[Cu]. The maximum Gasteiger partial charge on any atom is 0.130 e. The first kappa shape index (κ1) is 8.38. The van der Waals surface area contributed by atoms with Gasteiger partial charge in [0.05, 0.1) is 6.26 Å². The quantitative estimate of drug-likeness (QED) is 0.577. The van der Waals surface area contributed by atoms with E-state index >= 15 is 0 Å². The van der Waals surface area contributed by atoms with Crippen LogP contribution in [0.5, 0.6) is 5.75 Å². The summed E-state index contributed by atoms with van der Waals surface area (Å²) in [6.45, 7) is 0. The van der Waals surface area contributed by atoms with Gasteiger partial charge in [-0.2, -0.15) is 0 Å². The molecule has 0 aliphatic carbocycles. The molecule has 61 valence electrons. The molecule has 0 saturated heterocycles. The maximum atomic E-state index is 5.24. The van der Waals surface area contributed by atoms with Gasteiger partial charge >= 0.3 is 0 Å². The van der Waals surface area contributed by atoms with Crippen LogP contribution in [0.15, 0.2) is 36.6 Å². The summed E-state index contributed by atoms with van der Waals surface area (Å²) < 4.78 is 5.24. The largest absolute Gasteiger partial charge is 0.465 e. The average Bonchev–Trinajstić information content (AvgIpc) is 2.05. The maximum absolute atomic E-state index is 5.24. The van der Waals surface area contributed by atoms with Crippen LogP contribution in [0, 0.1) is 0 Å². The van der Waals surface area contributed by atoms with E-state index in [4.69, 9.17) is 4.74 Å². The van der Waals surface area contributed by atoms with E-state index in [9.17, 15) is 0 Å². The van der Waals surface area contributed by atoms with Crippen LogP contribution in [0.1, 0.15) is 5.56 Å². The normalized spacial score (nSPS) is 12.7. The topological polar surface area (TPSA) is 9.23 Å². The monoisotopic (exact) mass is 195 g/mol. The molecular formula is C9H8CuO. The molecule has 0 amide bonds. The standard InChI is InChI=1S/C9H8O.Cu/c1-2-6-9-8(4-1)5-3-7-10-9;/h1-4,6-7H,5H2;. The Labute approximate surface area is 76.5 Å². The zero-order valence-corrected chi connectivity index (χ0v) is 6.82. The Kier molecular flexibility index (Phi) is 2.75. The number of ether oxygens (including phenoxy) is 1. The van der Waals surface area contributed by atoms with Crippen LogP contribution in [0.25, 0.3) is 0 Å². The summed E-state index contributed by atoms with van der Waals surface area (Å²) in [5.74, 6) is 0.991. The second kappa shape index (κ2) is 3.61. The molecule has 1 nitrogen and oxygen atoms in total. The molecular weight excluding hydrogens is 188 g/mol. The van der Waals surface area contributed by atoms with Gasteiger partial charge in [-0.25, -0.2) is 0 Å². The Morgan fingerprint density at radius 1 is 1.18 bits per heavy atom. The van der Waals surface area contributed by atoms with Crippen molar-refractivity contribution in [3.63, 3.8) is 0 Å². The Balaban J connectivity index is 0.000000605. The second-order valence-electron chi connectivity index (χ2n) is 2.30. The van der Waals surface area contributed by atoms with Crippen molar-refractivity contribution in [1.82, 2.24) is 0 Å². The van der Waals surface area contributed by atoms with Crippen molar-refractivity contribution >= 4 is 0 Å². The summed E-state index contributed by atoms with van der Waals surface area (Å²) in [6, 6.07) is 8.08. The third-order valence-electron chi connectivity index (χ3n) is 1.60. The fourth-order valence-corrected chi connectivity index (χ4v) is 1.08. The van der Waals surface area contributed by atoms with E-state index in [-0.39, 0.29) is 17.1 Å². The molecule has 1 aromatic rings. The van der Waals surface area contributed by atoms with E-state index in [2.05, 4.69) is 6.07 Å². The molecule has 1 heterocycles. The van der Waals surface area contributed by atoms with Gasteiger partial charge in [0.15, 0.2) is 0 Å². The van der Waals surface area contributed by atoms with Gasteiger partial charge in [-0.3, -0.25) is 0 Å². The Morgan fingerprint density at radius 2 is 2.00 bits per heavy atom. The number of hydrogen-bond acceptors (Lipinski definition) is 1. The fraction of sp³-hybridized carbons (Fsp3) is 0.111. The number of rotatable bonds is 0. The predicted octanol–water partition coefficient (Wildman–Crippen LogP) is 2.13. The van der Waals surface area contributed by atoms with Gasteiger partial charge in [0.25, 0.3) is 0 Å². The molecule has 0 saturated carbocycles. The summed E-state index contributed by atoms with van der Waals surface area (Å²) >= 11 is 0. The molecule has 0 aromatic heterocycles. The van der Waals surface area contributed by atoms with Gasteiger partial charge in [-0.15, -0.1) is 0 Å². The zero-order chi connectivity index (χ0) is 6.81. The first-order chi connectivity index (χ1) is 4.97. The van der Waals surface area contributed by atoms with Crippen LogP contribution in [0.4, 0.5) is 0 Å². The molecule has 11 heavy (non-hydrogen) atoms. The van der Waals surface area contributed by atoms with Gasteiger partial charge in [0, 0.05) is 17.1 Å². The Bertz CT molecular complexity index is 241. The van der Waals surface area contributed by atoms with E-state index in [1.165, 1.54) is 5.56 Å². The molecule has 1 aromatic carbocycles. The summed E-state index contributed by atoms with van der Waals surface area (Å²) in [6.07, 6.45) is 4.75. The number of para-hydroxylation sites is 1. The first-order valence-corrected chi connectivity index (χ1v) is 3.36. The van der Waals surface area contributed by atoms with E-state index in [1.54, 1.807) is 6.26 Å². The minimum absolute atomic E-state index is 0. The first-order valence-electron chi connectivity index (χ1n) is 3.36. The summed E-state index contributed by atoms with van der Waals surface area (Å²) in [4.78, 5) is 0. The van der Waals surface area contributed by atoms with Crippen molar-refractivity contribution in [1.29, 1.82) is 0 Å². The predicted molar refractivity (Wildman–Crippen MR) is 39.9 cm³/mol. The van der Waals surface area contributed by atoms with Gasteiger partial charge in [0.2, 0.25) is 0 Å². The minimum atomic E-state index is 0. The van der Waals surface area contributed by atoms with E-state index in [0.29, 0.717) is 0 Å². The number of allylic oxidation sites excluding steroid dienone is 1. The van der Waals surface area contributed by atoms with Crippen molar-refractivity contribution in [3.8, 4) is 5.75 Å². The van der Waals surface area contributed by atoms with E-state index in [1.807, 2.05) is 24.3 Å². The molecule has 1 aliphatic heterocycles. The summed E-state index contributed by atoms with van der Waals surface area (Å²) in [5.41, 5.74) is 1.27. The molecule has 2 rings (SSSR count). The number of benzene rings is 1. The van der Waals surface area contributed by atoms with Crippen molar-refractivity contribution in [2.24, 2.45) is 0 Å². The van der Waals surface area contributed by atoms with Gasteiger partial charge in [-0.05, 0) is 24.1 Å². The molecule has 0 N–H and O–H groups in total. The number of fused-ring (bicyclic) bond motifs is 1. The van der Waals surface area contributed by atoms with Gasteiger partial charge < -0.3 is 4.74 Å². The van der Waals surface area contributed by atoms with Crippen molar-refractivity contribution in [2.45, 2.75) is 6.42 Å². The van der Waals surface area contributed by atoms with Crippen molar-refractivity contribution in [3.05, 3.63) is 42.2 Å². The fourth-order valence-electron chi connectivity index (χ4n) is 1.08. The van der Waals surface area contributed by atoms with Crippen LogP contribution in [0.3, 0.4) is 0 Å². The smallest absolute Gasteiger partial charge is 0.130 e. The Hall–Kier alpha value is -0.721. The molecule has 0 bridgehead atoms. The van der Waals surface area contributed by atoms with Crippen LogP contribution >= 0.6 is 0 Å². The van der Waals surface area contributed by atoms with E-state index in [0.717, 1.165) is 12.2 Å². The van der Waals surface area contributed by atoms with Crippen LogP contribution in [0.2, 0.25) is 0 Å². The Morgan fingerprint density at radius 3 is 2.82 bits per heavy atom. The third-order valence-corrected chi connectivity index (χ3v) is 1.60. The molecule has 2 heteroatoms. The number of hydrogen-bond donors (Lipinski definition) is 0. The molecule has 0 spiro atoms. The van der Waals surface area contributed by atoms with Gasteiger partial charge in [0.1, 0.15) is 5.75 Å². The molecule has 0 atom stereocenters. The third kappa shape index (κ3) is 1.65. The van der Waals surface area contributed by atoms with Crippen LogP contribution in [-0.4, -0.2) is 0 Å². The zero-order valence-electron chi connectivity index (χ0n) is 5.88. The summed E-state index contributed by atoms with van der Waals surface area (Å²) in [7, 11) is 0. The average molecular weight is 196 g/mol. The minimum Gasteiger partial charge on any atom is -0.465 e. The van der Waals surface area contributed by atoms with Crippen LogP contribution < -0.4 is 4.74 Å². The van der Waals surface area contributed by atoms with Crippen LogP contribution in [-0.2, 0) is 23.5 Å². The van der Waals surface area contributed by atoms with Gasteiger partial charge in [-0.1, -0.05) is 18.2 Å². The molecule has 0 fully saturated rings. The molecule has 0 unspecified atom stereocenters. The summed E-state index contributed by atoms with van der Waals surface area (Å²) in [5, 5.41) is 0. The second-order valence-corrected chi connectivity index (χ2v) is 2.30. The van der Waals surface area contributed by atoms with Crippen molar-refractivity contribution in [2.75, 3.05) is 0 Å².